The number of pyridine rings is 1. The molecule has 5 heteroatoms. The lowest BCUT2D eigenvalue weighted by Crippen LogP contribution is -2.25. The fraction of sp³-hybridized carbons (Fsp3) is 0.421. The highest BCUT2D eigenvalue weighted by Gasteiger charge is 2.09. The lowest BCUT2D eigenvalue weighted by atomic mass is 10.3. The maximum absolute atomic E-state index is 5.94. The molecule has 130 valence electrons. The predicted molar refractivity (Wildman–Crippen MR) is 98.9 cm³/mol. The molecule has 0 saturated heterocycles. The van der Waals surface area contributed by atoms with E-state index < -0.39 is 0 Å². The lowest BCUT2D eigenvalue weighted by Gasteiger charge is -2.24. The van der Waals surface area contributed by atoms with Gasteiger partial charge in [0.25, 0.3) is 0 Å². The molecule has 0 atom stereocenters. The average Bonchev–Trinajstić information content (AvgIpc) is 2.59. The number of nitrogen functional groups attached to an aromatic ring is 1. The van der Waals surface area contributed by atoms with E-state index in [9.17, 15) is 0 Å². The molecule has 24 heavy (non-hydrogen) atoms. The first kappa shape index (κ1) is 17.9. The van der Waals surface area contributed by atoms with Crippen molar-refractivity contribution in [3.05, 3.63) is 42.5 Å². The van der Waals surface area contributed by atoms with Gasteiger partial charge in [0.15, 0.2) is 0 Å². The second kappa shape index (κ2) is 9.65. The van der Waals surface area contributed by atoms with E-state index in [1.54, 1.807) is 0 Å². The Morgan fingerprint density at radius 3 is 2.29 bits per heavy atom. The number of benzene rings is 1. The number of para-hydroxylation sites is 1. The average molecular weight is 329 g/mol. The van der Waals surface area contributed by atoms with Crippen LogP contribution in [0.4, 0.5) is 11.5 Å². The summed E-state index contributed by atoms with van der Waals surface area (Å²) in [6, 6.07) is 13.5. The number of ether oxygens (including phenoxy) is 2. The highest BCUT2D eigenvalue weighted by Crippen LogP contribution is 2.23. The molecule has 0 bridgehead atoms. The monoisotopic (exact) mass is 329 g/mol. The van der Waals surface area contributed by atoms with E-state index in [-0.39, 0.29) is 0 Å². The molecule has 2 rings (SSSR count). The van der Waals surface area contributed by atoms with E-state index in [1.807, 2.05) is 42.5 Å². The Kier molecular flexibility index (Phi) is 7.21. The molecule has 0 spiro atoms. The number of rotatable bonds is 10. The Labute approximate surface area is 144 Å². The van der Waals surface area contributed by atoms with Gasteiger partial charge in [0.05, 0.1) is 0 Å². The number of anilines is 2. The van der Waals surface area contributed by atoms with Crippen LogP contribution in [0, 0.1) is 0 Å². The van der Waals surface area contributed by atoms with Gasteiger partial charge in [0, 0.05) is 30.9 Å². The summed E-state index contributed by atoms with van der Waals surface area (Å²) in [5.74, 6) is 1.85. The minimum Gasteiger partial charge on any atom is -0.490 e. The SMILES string of the molecule is CCCN(CCC)c1cc(N)nc(OCCOc2ccccc2)c1. The second-order valence-electron chi connectivity index (χ2n) is 5.59. The van der Waals surface area contributed by atoms with Gasteiger partial charge < -0.3 is 20.1 Å². The highest BCUT2D eigenvalue weighted by atomic mass is 16.5. The summed E-state index contributed by atoms with van der Waals surface area (Å²) in [7, 11) is 0. The molecule has 0 radical (unpaired) electrons. The van der Waals surface area contributed by atoms with Gasteiger partial charge in [0.1, 0.15) is 24.8 Å². The Hall–Kier alpha value is -2.43. The molecule has 1 aromatic carbocycles. The number of hydrogen-bond donors (Lipinski definition) is 1. The third-order valence-corrected chi connectivity index (χ3v) is 3.50. The topological polar surface area (TPSA) is 60.6 Å². The van der Waals surface area contributed by atoms with E-state index >= 15 is 0 Å². The zero-order valence-electron chi connectivity index (χ0n) is 14.6. The molecule has 2 aromatic rings. The van der Waals surface area contributed by atoms with Crippen LogP contribution >= 0.6 is 0 Å². The zero-order valence-corrected chi connectivity index (χ0v) is 14.6. The van der Waals surface area contributed by atoms with Gasteiger partial charge in [-0.15, -0.1) is 0 Å². The van der Waals surface area contributed by atoms with Gasteiger partial charge in [-0.1, -0.05) is 32.0 Å². The number of nitrogens with zero attached hydrogens (tertiary/aromatic N) is 2. The van der Waals surface area contributed by atoms with Crippen LogP contribution in [0.1, 0.15) is 26.7 Å². The smallest absolute Gasteiger partial charge is 0.217 e. The van der Waals surface area contributed by atoms with Gasteiger partial charge in [-0.05, 0) is 25.0 Å². The predicted octanol–water partition coefficient (Wildman–Crippen LogP) is 3.75. The normalized spacial score (nSPS) is 10.4. The molecule has 1 heterocycles. The molecule has 0 aliphatic carbocycles. The molecule has 5 nitrogen and oxygen atoms in total. The van der Waals surface area contributed by atoms with E-state index in [0.29, 0.717) is 24.9 Å². The molecule has 0 unspecified atom stereocenters. The summed E-state index contributed by atoms with van der Waals surface area (Å²) in [5.41, 5.74) is 7.00. The summed E-state index contributed by atoms with van der Waals surface area (Å²) >= 11 is 0. The van der Waals surface area contributed by atoms with Crippen molar-refractivity contribution in [2.45, 2.75) is 26.7 Å². The quantitative estimate of drug-likeness (QED) is 0.673. The zero-order chi connectivity index (χ0) is 17.2. The van der Waals surface area contributed by atoms with Crippen LogP contribution in [-0.4, -0.2) is 31.3 Å². The first-order valence-electron chi connectivity index (χ1n) is 8.56. The van der Waals surface area contributed by atoms with Crippen molar-refractivity contribution >= 4 is 11.5 Å². The molecule has 0 aliphatic heterocycles. The molecule has 0 aliphatic rings. The second-order valence-corrected chi connectivity index (χ2v) is 5.59. The van der Waals surface area contributed by atoms with Crippen molar-refractivity contribution in [3.8, 4) is 11.6 Å². The molecule has 0 amide bonds. The van der Waals surface area contributed by atoms with Gasteiger partial charge >= 0.3 is 0 Å². The fourth-order valence-electron chi connectivity index (χ4n) is 2.50. The Bertz CT molecular complexity index is 599. The van der Waals surface area contributed by atoms with Gasteiger partial charge in [-0.25, -0.2) is 0 Å². The maximum atomic E-state index is 5.94. The van der Waals surface area contributed by atoms with Crippen LogP contribution in [0.5, 0.6) is 11.6 Å². The minimum absolute atomic E-state index is 0.423. The lowest BCUT2D eigenvalue weighted by molar-refractivity contribution is 0.212. The largest absolute Gasteiger partial charge is 0.490 e. The first-order valence-corrected chi connectivity index (χ1v) is 8.56. The van der Waals surface area contributed by atoms with Gasteiger partial charge in [-0.3, -0.25) is 0 Å². The Morgan fingerprint density at radius 1 is 0.958 bits per heavy atom. The standard InChI is InChI=1S/C19H27N3O2/c1-3-10-22(11-4-2)16-14-18(20)21-19(15-16)24-13-12-23-17-8-6-5-7-9-17/h5-9,14-15H,3-4,10-13H2,1-2H3,(H2,20,21). The summed E-state index contributed by atoms with van der Waals surface area (Å²) in [6.45, 7) is 7.22. The molecule has 0 fully saturated rings. The third-order valence-electron chi connectivity index (χ3n) is 3.50. The van der Waals surface area contributed by atoms with Crippen molar-refractivity contribution in [2.24, 2.45) is 0 Å². The first-order chi connectivity index (χ1) is 11.7. The van der Waals surface area contributed by atoms with E-state index in [4.69, 9.17) is 15.2 Å². The summed E-state index contributed by atoms with van der Waals surface area (Å²) < 4.78 is 11.3. The van der Waals surface area contributed by atoms with Crippen molar-refractivity contribution in [2.75, 3.05) is 36.9 Å². The van der Waals surface area contributed by atoms with Crippen molar-refractivity contribution in [1.29, 1.82) is 0 Å². The number of nitrogens with two attached hydrogens (primary N) is 1. The van der Waals surface area contributed by atoms with Crippen LogP contribution in [0.15, 0.2) is 42.5 Å². The van der Waals surface area contributed by atoms with Crippen LogP contribution in [0.2, 0.25) is 0 Å². The van der Waals surface area contributed by atoms with Crippen LogP contribution in [0.25, 0.3) is 0 Å². The van der Waals surface area contributed by atoms with Gasteiger partial charge in [-0.2, -0.15) is 4.98 Å². The van der Waals surface area contributed by atoms with E-state index in [2.05, 4.69) is 23.7 Å². The molecular weight excluding hydrogens is 302 g/mol. The van der Waals surface area contributed by atoms with E-state index in [0.717, 1.165) is 37.4 Å². The van der Waals surface area contributed by atoms with Crippen LogP contribution in [0.3, 0.4) is 0 Å². The van der Waals surface area contributed by atoms with Crippen LogP contribution in [-0.2, 0) is 0 Å². The highest BCUT2D eigenvalue weighted by molar-refractivity contribution is 5.55. The van der Waals surface area contributed by atoms with Crippen molar-refractivity contribution < 1.29 is 9.47 Å². The molecule has 2 N–H and O–H groups in total. The number of aromatic nitrogens is 1. The summed E-state index contributed by atoms with van der Waals surface area (Å²) in [5, 5.41) is 0. The molecular formula is C19H27N3O2. The van der Waals surface area contributed by atoms with Crippen LogP contribution < -0.4 is 20.1 Å². The Morgan fingerprint density at radius 2 is 1.62 bits per heavy atom. The summed E-state index contributed by atoms with van der Waals surface area (Å²) in [6.07, 6.45) is 2.17. The number of hydrogen-bond acceptors (Lipinski definition) is 5. The Balaban J connectivity index is 1.92. The van der Waals surface area contributed by atoms with Crippen molar-refractivity contribution in [1.82, 2.24) is 4.98 Å². The minimum atomic E-state index is 0.423. The van der Waals surface area contributed by atoms with Crippen molar-refractivity contribution in [3.63, 3.8) is 0 Å². The molecule has 0 saturated carbocycles. The third kappa shape index (κ3) is 5.65. The molecule has 1 aromatic heterocycles. The fourth-order valence-corrected chi connectivity index (χ4v) is 2.50. The van der Waals surface area contributed by atoms with Gasteiger partial charge in [0.2, 0.25) is 5.88 Å². The maximum Gasteiger partial charge on any atom is 0.217 e. The summed E-state index contributed by atoms with van der Waals surface area (Å²) in [4.78, 5) is 6.57. The van der Waals surface area contributed by atoms with E-state index in [1.165, 1.54) is 0 Å².